The van der Waals surface area contributed by atoms with Crippen LogP contribution in [0, 0.1) is 13.8 Å². The molecule has 0 aliphatic carbocycles. The smallest absolute Gasteiger partial charge is 0.344 e. The van der Waals surface area contributed by atoms with E-state index in [1.54, 1.807) is 32.0 Å². The zero-order chi connectivity index (χ0) is 17.7. The van der Waals surface area contributed by atoms with Gasteiger partial charge >= 0.3 is 5.97 Å². The zero-order valence-electron chi connectivity index (χ0n) is 14.0. The van der Waals surface area contributed by atoms with E-state index in [2.05, 4.69) is 5.16 Å². The highest BCUT2D eigenvalue weighted by Crippen LogP contribution is 2.28. The lowest BCUT2D eigenvalue weighted by Crippen LogP contribution is -2.15. The molecule has 0 unspecified atom stereocenters. The minimum atomic E-state index is -0.535. The Balaban J connectivity index is 1.93. The van der Waals surface area contributed by atoms with Gasteiger partial charge in [-0.1, -0.05) is 5.16 Å². The molecule has 0 atom stereocenters. The number of aryl methyl sites for hydroxylation is 2. The maximum absolute atomic E-state index is 11.8. The quantitative estimate of drug-likeness (QED) is 0.568. The van der Waals surface area contributed by atoms with Gasteiger partial charge in [-0.2, -0.15) is 0 Å². The Bertz CT molecular complexity index is 730. The largest absolute Gasteiger partial charge is 0.493 e. The van der Waals surface area contributed by atoms with Gasteiger partial charge in [0.2, 0.25) is 0 Å². The summed E-state index contributed by atoms with van der Waals surface area (Å²) in [6.07, 6.45) is 0. The van der Waals surface area contributed by atoms with Crippen LogP contribution in [0.1, 0.15) is 34.3 Å². The molecule has 0 amide bonds. The minimum Gasteiger partial charge on any atom is -0.493 e. The van der Waals surface area contributed by atoms with Gasteiger partial charge in [-0.15, -0.1) is 0 Å². The van der Waals surface area contributed by atoms with E-state index >= 15 is 0 Å². The Hall–Kier alpha value is -2.83. The van der Waals surface area contributed by atoms with Crippen molar-refractivity contribution in [2.75, 3.05) is 13.7 Å². The number of ether oxygens (including phenoxy) is 3. The Labute approximate surface area is 139 Å². The molecule has 1 aromatic heterocycles. The summed E-state index contributed by atoms with van der Waals surface area (Å²) in [5.41, 5.74) is 1.93. The number of hydrogen-bond acceptors (Lipinski definition) is 7. The average Bonchev–Trinajstić information content (AvgIpc) is 2.89. The number of methoxy groups -OCH3 is 1. The highest BCUT2D eigenvalue weighted by Gasteiger charge is 2.14. The second kappa shape index (κ2) is 7.63. The van der Waals surface area contributed by atoms with E-state index < -0.39 is 5.97 Å². The minimum absolute atomic E-state index is 0.0732. The summed E-state index contributed by atoms with van der Waals surface area (Å²) in [5.74, 6) is 0.729. The summed E-state index contributed by atoms with van der Waals surface area (Å²) in [4.78, 5) is 23.2. The van der Waals surface area contributed by atoms with Crippen LogP contribution in [-0.2, 0) is 16.1 Å². The van der Waals surface area contributed by atoms with Gasteiger partial charge < -0.3 is 18.7 Å². The summed E-state index contributed by atoms with van der Waals surface area (Å²) >= 11 is 0. The molecule has 7 heteroatoms. The molecular weight excluding hydrogens is 314 g/mol. The van der Waals surface area contributed by atoms with Gasteiger partial charge in [0.05, 0.1) is 18.4 Å². The van der Waals surface area contributed by atoms with Crippen molar-refractivity contribution in [3.63, 3.8) is 0 Å². The van der Waals surface area contributed by atoms with Crippen molar-refractivity contribution >= 4 is 11.8 Å². The van der Waals surface area contributed by atoms with Crippen LogP contribution in [0.25, 0.3) is 0 Å². The summed E-state index contributed by atoms with van der Waals surface area (Å²) in [5, 5.41) is 3.79. The fourth-order valence-corrected chi connectivity index (χ4v) is 2.04. The molecule has 0 bridgehead atoms. The van der Waals surface area contributed by atoms with Gasteiger partial charge in [-0.3, -0.25) is 4.79 Å². The van der Waals surface area contributed by atoms with E-state index in [1.165, 1.54) is 14.0 Å². The van der Waals surface area contributed by atoms with Crippen LogP contribution in [0.4, 0.5) is 0 Å². The molecule has 0 N–H and O–H groups in total. The molecule has 2 rings (SSSR count). The molecular formula is C17H19NO6. The molecule has 0 fully saturated rings. The van der Waals surface area contributed by atoms with E-state index in [0.29, 0.717) is 28.5 Å². The van der Waals surface area contributed by atoms with Crippen LogP contribution in [-0.4, -0.2) is 30.6 Å². The number of carbonyl (C=O) groups is 2. The average molecular weight is 333 g/mol. The molecule has 7 nitrogen and oxygen atoms in total. The second-order valence-electron chi connectivity index (χ2n) is 5.17. The first-order valence-corrected chi connectivity index (χ1v) is 7.31. The Morgan fingerprint density at radius 1 is 1.21 bits per heavy atom. The van der Waals surface area contributed by atoms with Gasteiger partial charge in [-0.25, -0.2) is 4.79 Å². The van der Waals surface area contributed by atoms with E-state index in [9.17, 15) is 9.59 Å². The first kappa shape index (κ1) is 17.5. The number of rotatable bonds is 7. The number of Topliss-reactive ketones (excluding diaryl/α,β-unsaturated/α-hetero) is 1. The maximum Gasteiger partial charge on any atom is 0.344 e. The molecule has 24 heavy (non-hydrogen) atoms. The molecule has 1 heterocycles. The molecule has 0 aliphatic heterocycles. The number of ketones is 1. The van der Waals surface area contributed by atoms with Crippen LogP contribution < -0.4 is 9.47 Å². The summed E-state index contributed by atoms with van der Waals surface area (Å²) in [6, 6.07) is 4.75. The van der Waals surface area contributed by atoms with Crippen molar-refractivity contribution < 1.29 is 28.3 Å². The predicted octanol–water partition coefficient (Wildman–Crippen LogP) is 2.62. The lowest BCUT2D eigenvalue weighted by atomic mass is 10.1. The Morgan fingerprint density at radius 3 is 2.54 bits per heavy atom. The first-order valence-electron chi connectivity index (χ1n) is 7.31. The van der Waals surface area contributed by atoms with E-state index in [4.69, 9.17) is 18.7 Å². The Kier molecular flexibility index (Phi) is 5.57. The number of benzene rings is 1. The van der Waals surface area contributed by atoms with E-state index in [1.807, 2.05) is 0 Å². The summed E-state index contributed by atoms with van der Waals surface area (Å²) in [7, 11) is 1.46. The van der Waals surface area contributed by atoms with Crippen molar-refractivity contribution in [2.45, 2.75) is 27.4 Å². The van der Waals surface area contributed by atoms with Gasteiger partial charge in [0.25, 0.3) is 0 Å². The topological polar surface area (TPSA) is 87.9 Å². The monoisotopic (exact) mass is 333 g/mol. The molecule has 2 aromatic rings. The lowest BCUT2D eigenvalue weighted by Gasteiger charge is -2.11. The predicted molar refractivity (Wildman–Crippen MR) is 84.3 cm³/mol. The fraction of sp³-hybridized carbons (Fsp3) is 0.353. The molecule has 0 aliphatic rings. The van der Waals surface area contributed by atoms with Crippen molar-refractivity contribution in [1.29, 1.82) is 0 Å². The zero-order valence-corrected chi connectivity index (χ0v) is 14.0. The van der Waals surface area contributed by atoms with Crippen LogP contribution in [0.2, 0.25) is 0 Å². The van der Waals surface area contributed by atoms with Crippen LogP contribution in [0.3, 0.4) is 0 Å². The molecule has 0 saturated heterocycles. The third-order valence-corrected chi connectivity index (χ3v) is 3.47. The third-order valence-electron chi connectivity index (χ3n) is 3.47. The standard InChI is InChI=1S/C17H19NO6/c1-10-14(12(3)24-18-10)8-23-17(20)9-22-15-6-5-13(11(2)19)7-16(15)21-4/h5-7H,8-9H2,1-4H3. The van der Waals surface area contributed by atoms with Crippen LogP contribution in [0.15, 0.2) is 22.7 Å². The van der Waals surface area contributed by atoms with Crippen molar-refractivity contribution in [3.05, 3.63) is 40.8 Å². The summed E-state index contributed by atoms with van der Waals surface area (Å²) < 4.78 is 20.7. The molecule has 1 aromatic carbocycles. The van der Waals surface area contributed by atoms with Crippen LogP contribution >= 0.6 is 0 Å². The molecule has 0 radical (unpaired) electrons. The highest BCUT2D eigenvalue weighted by molar-refractivity contribution is 5.94. The highest BCUT2D eigenvalue weighted by atomic mass is 16.6. The SMILES string of the molecule is COc1cc(C(C)=O)ccc1OCC(=O)OCc1c(C)noc1C. The third kappa shape index (κ3) is 4.13. The summed E-state index contributed by atoms with van der Waals surface area (Å²) in [6.45, 7) is 4.78. The second-order valence-corrected chi connectivity index (χ2v) is 5.17. The number of carbonyl (C=O) groups excluding carboxylic acids is 2. The van der Waals surface area contributed by atoms with Crippen molar-refractivity contribution in [3.8, 4) is 11.5 Å². The lowest BCUT2D eigenvalue weighted by molar-refractivity contribution is -0.147. The number of esters is 1. The molecule has 0 saturated carbocycles. The van der Waals surface area contributed by atoms with E-state index in [0.717, 1.165) is 5.56 Å². The number of hydrogen-bond donors (Lipinski definition) is 0. The fourth-order valence-electron chi connectivity index (χ4n) is 2.04. The van der Waals surface area contributed by atoms with Crippen molar-refractivity contribution in [1.82, 2.24) is 5.16 Å². The molecule has 0 spiro atoms. The normalized spacial score (nSPS) is 10.3. The van der Waals surface area contributed by atoms with Crippen molar-refractivity contribution in [2.24, 2.45) is 0 Å². The maximum atomic E-state index is 11.8. The first-order chi connectivity index (χ1) is 11.4. The number of nitrogens with zero attached hydrogens (tertiary/aromatic N) is 1. The van der Waals surface area contributed by atoms with Gasteiger partial charge in [0.1, 0.15) is 12.4 Å². The van der Waals surface area contributed by atoms with E-state index in [-0.39, 0.29) is 19.0 Å². The Morgan fingerprint density at radius 2 is 1.96 bits per heavy atom. The van der Waals surface area contributed by atoms with Gasteiger partial charge in [-0.05, 0) is 39.0 Å². The molecule has 128 valence electrons. The van der Waals surface area contributed by atoms with Gasteiger partial charge in [0.15, 0.2) is 23.9 Å². The number of aromatic nitrogens is 1. The van der Waals surface area contributed by atoms with Gasteiger partial charge in [0, 0.05) is 5.56 Å². The van der Waals surface area contributed by atoms with Crippen LogP contribution in [0.5, 0.6) is 11.5 Å².